The van der Waals surface area contributed by atoms with Crippen LogP contribution in [-0.4, -0.2) is 30.1 Å². The second-order valence-corrected chi connectivity index (χ2v) is 6.68. The SMILES string of the molecule is COc1ccc(C(=O)Nc2ccccc2-c2nc3ccc(C)cc3[nH]2)cc1OC. The highest BCUT2D eigenvalue weighted by atomic mass is 16.5. The van der Waals surface area contributed by atoms with Crippen molar-refractivity contribution in [3.8, 4) is 22.9 Å². The van der Waals surface area contributed by atoms with Gasteiger partial charge in [0.15, 0.2) is 11.5 Å². The van der Waals surface area contributed by atoms with Gasteiger partial charge in [-0.25, -0.2) is 4.98 Å². The van der Waals surface area contributed by atoms with Gasteiger partial charge in [0.25, 0.3) is 5.91 Å². The lowest BCUT2D eigenvalue weighted by atomic mass is 10.1. The van der Waals surface area contributed by atoms with Gasteiger partial charge in [0.1, 0.15) is 5.82 Å². The minimum Gasteiger partial charge on any atom is -0.493 e. The summed E-state index contributed by atoms with van der Waals surface area (Å²) in [6, 6.07) is 18.7. The number of aromatic nitrogens is 2. The number of carbonyl (C=O) groups excluding carboxylic acids is 1. The summed E-state index contributed by atoms with van der Waals surface area (Å²) in [4.78, 5) is 20.9. The number of ether oxygens (including phenoxy) is 2. The van der Waals surface area contributed by atoms with E-state index in [9.17, 15) is 4.79 Å². The molecular weight excluding hydrogens is 366 g/mol. The van der Waals surface area contributed by atoms with Crippen LogP contribution >= 0.6 is 0 Å². The average Bonchev–Trinajstić information content (AvgIpc) is 3.16. The van der Waals surface area contributed by atoms with E-state index in [1.165, 1.54) is 7.11 Å². The van der Waals surface area contributed by atoms with Crippen molar-refractivity contribution in [2.75, 3.05) is 19.5 Å². The number of para-hydroxylation sites is 1. The van der Waals surface area contributed by atoms with Gasteiger partial charge in [0.05, 0.1) is 30.9 Å². The van der Waals surface area contributed by atoms with E-state index in [1.807, 2.05) is 43.3 Å². The fourth-order valence-corrected chi connectivity index (χ4v) is 3.22. The molecule has 3 aromatic carbocycles. The number of amides is 1. The number of aryl methyl sites for hydroxylation is 1. The molecule has 0 radical (unpaired) electrons. The summed E-state index contributed by atoms with van der Waals surface area (Å²) < 4.78 is 10.5. The Morgan fingerprint density at radius 3 is 2.55 bits per heavy atom. The average molecular weight is 387 g/mol. The maximum absolute atomic E-state index is 12.8. The van der Waals surface area contributed by atoms with Crippen LogP contribution in [0.1, 0.15) is 15.9 Å². The standard InChI is InChI=1S/C23H21N3O3/c1-14-8-10-18-19(12-14)25-22(24-18)16-6-4-5-7-17(16)26-23(27)15-9-11-20(28-2)21(13-15)29-3/h4-13H,1-3H3,(H,24,25)(H,26,27). The first kappa shape index (κ1) is 18.6. The first-order valence-electron chi connectivity index (χ1n) is 9.18. The molecule has 29 heavy (non-hydrogen) atoms. The Morgan fingerprint density at radius 1 is 0.966 bits per heavy atom. The molecule has 2 N–H and O–H groups in total. The number of anilines is 1. The van der Waals surface area contributed by atoms with Crippen LogP contribution in [0, 0.1) is 6.92 Å². The molecule has 0 aliphatic rings. The molecule has 0 bridgehead atoms. The van der Waals surface area contributed by atoms with Gasteiger partial charge in [-0.3, -0.25) is 4.79 Å². The number of rotatable bonds is 5. The van der Waals surface area contributed by atoms with E-state index in [2.05, 4.69) is 21.4 Å². The quantitative estimate of drug-likeness (QED) is 0.515. The van der Waals surface area contributed by atoms with Gasteiger partial charge < -0.3 is 19.8 Å². The van der Waals surface area contributed by atoms with Gasteiger partial charge >= 0.3 is 0 Å². The summed E-state index contributed by atoms with van der Waals surface area (Å²) in [5, 5.41) is 2.97. The van der Waals surface area contributed by atoms with Crippen molar-refractivity contribution in [3.05, 3.63) is 71.8 Å². The van der Waals surface area contributed by atoms with Crippen LogP contribution in [0.4, 0.5) is 5.69 Å². The molecule has 6 nitrogen and oxygen atoms in total. The molecule has 0 atom stereocenters. The number of fused-ring (bicyclic) bond motifs is 1. The number of H-pyrrole nitrogens is 1. The first-order valence-corrected chi connectivity index (χ1v) is 9.18. The molecule has 4 rings (SSSR count). The second kappa shape index (κ2) is 7.67. The summed E-state index contributed by atoms with van der Waals surface area (Å²) in [7, 11) is 3.10. The third-order valence-electron chi connectivity index (χ3n) is 4.71. The van der Waals surface area contributed by atoms with E-state index in [0.29, 0.717) is 28.6 Å². The highest BCUT2D eigenvalue weighted by Crippen LogP contribution is 2.30. The molecule has 6 heteroatoms. The predicted octanol–water partition coefficient (Wildman–Crippen LogP) is 4.81. The minimum absolute atomic E-state index is 0.245. The molecule has 4 aromatic rings. The van der Waals surface area contributed by atoms with Crippen LogP contribution in [0.3, 0.4) is 0 Å². The number of nitrogens with zero attached hydrogens (tertiary/aromatic N) is 1. The Bertz CT molecular complexity index is 1200. The number of carbonyl (C=O) groups is 1. The molecule has 1 heterocycles. The lowest BCUT2D eigenvalue weighted by Crippen LogP contribution is -2.13. The normalized spacial score (nSPS) is 10.7. The maximum atomic E-state index is 12.8. The molecule has 0 fully saturated rings. The summed E-state index contributed by atoms with van der Waals surface area (Å²) >= 11 is 0. The zero-order valence-electron chi connectivity index (χ0n) is 16.4. The molecule has 0 aliphatic carbocycles. The lowest BCUT2D eigenvalue weighted by molar-refractivity contribution is 0.102. The molecule has 0 aliphatic heterocycles. The van der Waals surface area contributed by atoms with Crippen LogP contribution < -0.4 is 14.8 Å². The molecule has 0 saturated carbocycles. The third kappa shape index (κ3) is 3.65. The Kier molecular flexibility index (Phi) is 4.91. The van der Waals surface area contributed by atoms with E-state index in [-0.39, 0.29) is 5.91 Å². The van der Waals surface area contributed by atoms with E-state index in [1.54, 1.807) is 25.3 Å². The molecule has 0 saturated heterocycles. The number of benzene rings is 3. The fraction of sp³-hybridized carbons (Fsp3) is 0.130. The fourth-order valence-electron chi connectivity index (χ4n) is 3.22. The molecule has 0 spiro atoms. The van der Waals surface area contributed by atoms with Crippen LogP contribution in [0.15, 0.2) is 60.7 Å². The zero-order valence-corrected chi connectivity index (χ0v) is 16.4. The Labute approximate surface area is 168 Å². The lowest BCUT2D eigenvalue weighted by Gasteiger charge is -2.12. The molecule has 0 unspecified atom stereocenters. The zero-order chi connectivity index (χ0) is 20.4. The number of methoxy groups -OCH3 is 2. The van der Waals surface area contributed by atoms with E-state index in [0.717, 1.165) is 22.2 Å². The molecule has 146 valence electrons. The number of imidazole rings is 1. The van der Waals surface area contributed by atoms with Crippen LogP contribution in [0.2, 0.25) is 0 Å². The van der Waals surface area contributed by atoms with Crippen molar-refractivity contribution in [2.24, 2.45) is 0 Å². The van der Waals surface area contributed by atoms with Gasteiger partial charge in [-0.1, -0.05) is 18.2 Å². The van der Waals surface area contributed by atoms with Gasteiger partial charge in [-0.2, -0.15) is 0 Å². The Balaban J connectivity index is 1.67. The predicted molar refractivity (Wildman–Crippen MR) is 114 cm³/mol. The number of hydrogen-bond donors (Lipinski definition) is 2. The first-order chi connectivity index (χ1) is 14.1. The molecule has 1 amide bonds. The van der Waals surface area contributed by atoms with Crippen molar-refractivity contribution >= 4 is 22.6 Å². The summed E-state index contributed by atoms with van der Waals surface area (Å²) in [6.45, 7) is 2.04. The highest BCUT2D eigenvalue weighted by molar-refractivity contribution is 6.06. The van der Waals surface area contributed by atoms with Crippen LogP contribution in [-0.2, 0) is 0 Å². The second-order valence-electron chi connectivity index (χ2n) is 6.68. The smallest absolute Gasteiger partial charge is 0.255 e. The summed E-state index contributed by atoms with van der Waals surface area (Å²) in [5.41, 5.74) is 4.95. The summed E-state index contributed by atoms with van der Waals surface area (Å²) in [5.74, 6) is 1.53. The minimum atomic E-state index is -0.245. The number of hydrogen-bond acceptors (Lipinski definition) is 4. The van der Waals surface area contributed by atoms with E-state index >= 15 is 0 Å². The van der Waals surface area contributed by atoms with Gasteiger partial charge in [0, 0.05) is 11.1 Å². The van der Waals surface area contributed by atoms with Crippen molar-refractivity contribution < 1.29 is 14.3 Å². The topological polar surface area (TPSA) is 76.2 Å². The molecule has 1 aromatic heterocycles. The maximum Gasteiger partial charge on any atom is 0.255 e. The van der Waals surface area contributed by atoms with E-state index < -0.39 is 0 Å². The largest absolute Gasteiger partial charge is 0.493 e. The van der Waals surface area contributed by atoms with Gasteiger partial charge in [0.2, 0.25) is 0 Å². The monoisotopic (exact) mass is 387 g/mol. The molecular formula is C23H21N3O3. The third-order valence-corrected chi connectivity index (χ3v) is 4.71. The Hall–Kier alpha value is -3.80. The van der Waals surface area contributed by atoms with Crippen molar-refractivity contribution in [2.45, 2.75) is 6.92 Å². The van der Waals surface area contributed by atoms with Crippen LogP contribution in [0.25, 0.3) is 22.4 Å². The van der Waals surface area contributed by atoms with Gasteiger partial charge in [-0.05, 0) is 55.0 Å². The van der Waals surface area contributed by atoms with Crippen molar-refractivity contribution in [1.82, 2.24) is 9.97 Å². The summed E-state index contributed by atoms with van der Waals surface area (Å²) in [6.07, 6.45) is 0. The van der Waals surface area contributed by atoms with Crippen LogP contribution in [0.5, 0.6) is 11.5 Å². The van der Waals surface area contributed by atoms with Crippen molar-refractivity contribution in [3.63, 3.8) is 0 Å². The van der Waals surface area contributed by atoms with Gasteiger partial charge in [-0.15, -0.1) is 0 Å². The number of aromatic amines is 1. The van der Waals surface area contributed by atoms with E-state index in [4.69, 9.17) is 9.47 Å². The Morgan fingerprint density at radius 2 is 1.76 bits per heavy atom. The number of nitrogens with one attached hydrogen (secondary N) is 2. The highest BCUT2D eigenvalue weighted by Gasteiger charge is 2.15. The van der Waals surface area contributed by atoms with Crippen molar-refractivity contribution in [1.29, 1.82) is 0 Å².